The molecule has 0 atom stereocenters. The number of oxime groups is 1. The van der Waals surface area contributed by atoms with Gasteiger partial charge >= 0.3 is 0 Å². The summed E-state index contributed by atoms with van der Waals surface area (Å²) in [4.78, 5) is 13.7. The number of nitrogens with one attached hydrogen (secondary N) is 1. The molecule has 8 nitrogen and oxygen atoms in total. The molecule has 1 rings (SSSR count). The molecule has 0 aromatic carbocycles. The first-order chi connectivity index (χ1) is 9.65. The molecule has 0 aliphatic carbocycles. The molecule has 0 radical (unpaired) electrons. The van der Waals surface area contributed by atoms with Crippen LogP contribution in [-0.4, -0.2) is 74.5 Å². The van der Waals surface area contributed by atoms with Crippen molar-refractivity contribution < 1.29 is 19.5 Å². The normalized spacial score (nSPS) is 18.1. The summed E-state index contributed by atoms with van der Waals surface area (Å²) >= 11 is 0. The first-order valence-corrected chi connectivity index (χ1v) is 6.70. The third-order valence-corrected chi connectivity index (χ3v) is 3.13. The number of carbonyl (C=O) groups excluding carboxylic acids is 1. The van der Waals surface area contributed by atoms with Crippen LogP contribution in [0.2, 0.25) is 0 Å². The van der Waals surface area contributed by atoms with Crippen molar-refractivity contribution >= 4 is 11.7 Å². The Morgan fingerprint density at radius 1 is 1.45 bits per heavy atom. The van der Waals surface area contributed by atoms with E-state index in [4.69, 9.17) is 20.4 Å². The first kappa shape index (κ1) is 16.7. The standard InChI is InChI=1S/C12H24N4O4/c1-19-6-7-20-9-12(17)14-10-2-4-16(5-3-10)8-11(13)15-18/h10,18H,2-9H2,1H3,(H2,13,15)(H,14,17). The van der Waals surface area contributed by atoms with Gasteiger partial charge in [-0.2, -0.15) is 0 Å². The Bertz CT molecular complexity index is 317. The van der Waals surface area contributed by atoms with E-state index in [-0.39, 0.29) is 24.4 Å². The molecule has 1 saturated heterocycles. The van der Waals surface area contributed by atoms with Crippen molar-refractivity contribution in [3.63, 3.8) is 0 Å². The lowest BCUT2D eigenvalue weighted by atomic mass is 10.1. The summed E-state index contributed by atoms with van der Waals surface area (Å²) in [6, 6.07) is 0.164. The number of nitrogens with two attached hydrogens (primary N) is 1. The van der Waals surface area contributed by atoms with E-state index in [9.17, 15) is 4.79 Å². The number of ether oxygens (including phenoxy) is 2. The van der Waals surface area contributed by atoms with Crippen molar-refractivity contribution in [1.29, 1.82) is 0 Å². The topological polar surface area (TPSA) is 109 Å². The molecule has 1 amide bonds. The highest BCUT2D eigenvalue weighted by molar-refractivity contribution is 5.81. The fraction of sp³-hybridized carbons (Fsp3) is 0.833. The second-order valence-corrected chi connectivity index (χ2v) is 4.75. The molecule has 20 heavy (non-hydrogen) atoms. The highest BCUT2D eigenvalue weighted by Crippen LogP contribution is 2.09. The smallest absolute Gasteiger partial charge is 0.246 e. The molecule has 1 fully saturated rings. The molecule has 116 valence electrons. The van der Waals surface area contributed by atoms with Gasteiger partial charge in [0, 0.05) is 26.2 Å². The number of carbonyl (C=O) groups is 1. The van der Waals surface area contributed by atoms with Crippen molar-refractivity contribution in [2.45, 2.75) is 18.9 Å². The number of nitrogens with zero attached hydrogens (tertiary/aromatic N) is 2. The average molecular weight is 288 g/mol. The van der Waals surface area contributed by atoms with Gasteiger partial charge in [0.2, 0.25) is 5.91 Å². The predicted molar refractivity (Wildman–Crippen MR) is 73.7 cm³/mol. The minimum absolute atomic E-state index is 0.0632. The van der Waals surface area contributed by atoms with Gasteiger partial charge in [-0.15, -0.1) is 0 Å². The molecule has 0 spiro atoms. The number of likely N-dealkylation sites (tertiary alicyclic amines) is 1. The maximum atomic E-state index is 11.6. The van der Waals surface area contributed by atoms with Crippen LogP contribution in [0.25, 0.3) is 0 Å². The number of methoxy groups -OCH3 is 1. The molecule has 0 aromatic heterocycles. The molecule has 0 aromatic rings. The summed E-state index contributed by atoms with van der Waals surface area (Å²) in [5, 5.41) is 14.4. The zero-order chi connectivity index (χ0) is 14.8. The first-order valence-electron chi connectivity index (χ1n) is 6.70. The van der Waals surface area contributed by atoms with Crippen LogP contribution in [0.1, 0.15) is 12.8 Å². The highest BCUT2D eigenvalue weighted by Gasteiger charge is 2.21. The monoisotopic (exact) mass is 288 g/mol. The molecule has 4 N–H and O–H groups in total. The number of hydrogen-bond acceptors (Lipinski definition) is 6. The van der Waals surface area contributed by atoms with Gasteiger partial charge in [-0.05, 0) is 12.8 Å². The SMILES string of the molecule is COCCOCC(=O)NC1CCN(CC(N)=NO)CC1. The summed E-state index contributed by atoms with van der Waals surface area (Å²) in [7, 11) is 1.59. The van der Waals surface area contributed by atoms with Crippen LogP contribution < -0.4 is 11.1 Å². The second-order valence-electron chi connectivity index (χ2n) is 4.75. The van der Waals surface area contributed by atoms with E-state index in [1.807, 2.05) is 0 Å². The van der Waals surface area contributed by atoms with E-state index in [1.54, 1.807) is 7.11 Å². The lowest BCUT2D eigenvalue weighted by molar-refractivity contribution is -0.127. The largest absolute Gasteiger partial charge is 0.409 e. The predicted octanol–water partition coefficient (Wildman–Crippen LogP) is -1.02. The maximum Gasteiger partial charge on any atom is 0.246 e. The van der Waals surface area contributed by atoms with Crippen molar-refractivity contribution in [1.82, 2.24) is 10.2 Å². The van der Waals surface area contributed by atoms with Gasteiger partial charge in [0.15, 0.2) is 5.84 Å². The summed E-state index contributed by atoms with van der Waals surface area (Å²) < 4.78 is 9.98. The zero-order valence-electron chi connectivity index (χ0n) is 11.9. The molecule has 0 saturated carbocycles. The number of piperidine rings is 1. The van der Waals surface area contributed by atoms with Crippen LogP contribution in [0, 0.1) is 0 Å². The number of rotatable bonds is 8. The average Bonchev–Trinajstić information content (AvgIpc) is 2.45. The Labute approximate surface area is 118 Å². The lowest BCUT2D eigenvalue weighted by Crippen LogP contribution is -2.47. The van der Waals surface area contributed by atoms with E-state index >= 15 is 0 Å². The van der Waals surface area contributed by atoms with Gasteiger partial charge in [0.1, 0.15) is 6.61 Å². The minimum Gasteiger partial charge on any atom is -0.409 e. The molecular weight excluding hydrogens is 264 g/mol. The van der Waals surface area contributed by atoms with Crippen LogP contribution in [-0.2, 0) is 14.3 Å². The van der Waals surface area contributed by atoms with E-state index in [0.29, 0.717) is 19.8 Å². The maximum absolute atomic E-state index is 11.6. The number of amides is 1. The van der Waals surface area contributed by atoms with E-state index in [2.05, 4.69) is 15.4 Å². The van der Waals surface area contributed by atoms with E-state index in [1.165, 1.54) is 0 Å². The van der Waals surface area contributed by atoms with Crippen LogP contribution in [0.4, 0.5) is 0 Å². The molecule has 0 bridgehead atoms. The third kappa shape index (κ3) is 6.69. The quantitative estimate of drug-likeness (QED) is 0.173. The summed E-state index contributed by atoms with van der Waals surface area (Å²) in [5.41, 5.74) is 5.46. The van der Waals surface area contributed by atoms with Gasteiger partial charge in [0.25, 0.3) is 0 Å². The summed E-state index contributed by atoms with van der Waals surface area (Å²) in [6.45, 7) is 3.05. The molecule has 1 heterocycles. The lowest BCUT2D eigenvalue weighted by Gasteiger charge is -2.31. The summed E-state index contributed by atoms with van der Waals surface area (Å²) in [6.07, 6.45) is 1.70. The number of amidine groups is 1. The molecule has 0 unspecified atom stereocenters. The van der Waals surface area contributed by atoms with Gasteiger partial charge in [-0.25, -0.2) is 0 Å². The summed E-state index contributed by atoms with van der Waals surface area (Å²) in [5.74, 6) is 0.106. The van der Waals surface area contributed by atoms with Crippen LogP contribution in [0.3, 0.4) is 0 Å². The molecular formula is C12H24N4O4. The zero-order valence-corrected chi connectivity index (χ0v) is 11.9. The van der Waals surface area contributed by atoms with Crippen molar-refractivity contribution in [3.05, 3.63) is 0 Å². The fourth-order valence-corrected chi connectivity index (χ4v) is 2.07. The fourth-order valence-electron chi connectivity index (χ4n) is 2.07. The van der Waals surface area contributed by atoms with Crippen molar-refractivity contribution in [3.8, 4) is 0 Å². The van der Waals surface area contributed by atoms with Crippen LogP contribution in [0.15, 0.2) is 5.16 Å². The molecule has 1 aliphatic heterocycles. The second kappa shape index (κ2) is 9.51. The Hall–Kier alpha value is -1.38. The Morgan fingerprint density at radius 2 is 2.15 bits per heavy atom. The van der Waals surface area contributed by atoms with Gasteiger partial charge < -0.3 is 25.7 Å². The van der Waals surface area contributed by atoms with Gasteiger partial charge in [-0.1, -0.05) is 5.16 Å². The Morgan fingerprint density at radius 3 is 2.75 bits per heavy atom. The van der Waals surface area contributed by atoms with E-state index < -0.39 is 0 Å². The molecule has 1 aliphatic rings. The Kier molecular flexibility index (Phi) is 7.93. The van der Waals surface area contributed by atoms with Crippen molar-refractivity contribution in [2.24, 2.45) is 10.9 Å². The number of hydrogen-bond donors (Lipinski definition) is 3. The third-order valence-electron chi connectivity index (χ3n) is 3.13. The van der Waals surface area contributed by atoms with Crippen molar-refractivity contribution in [2.75, 3.05) is 46.6 Å². The van der Waals surface area contributed by atoms with Crippen LogP contribution in [0.5, 0.6) is 0 Å². The molecule has 8 heteroatoms. The Balaban J connectivity index is 2.14. The van der Waals surface area contributed by atoms with Gasteiger partial charge in [0.05, 0.1) is 19.8 Å². The minimum atomic E-state index is -0.101. The highest BCUT2D eigenvalue weighted by atomic mass is 16.5. The van der Waals surface area contributed by atoms with Gasteiger partial charge in [-0.3, -0.25) is 9.69 Å². The van der Waals surface area contributed by atoms with Crippen LogP contribution >= 0.6 is 0 Å². The van der Waals surface area contributed by atoms with E-state index in [0.717, 1.165) is 25.9 Å².